The molecule has 0 bridgehead atoms. The third-order valence-electron chi connectivity index (χ3n) is 7.86. The van der Waals surface area contributed by atoms with Gasteiger partial charge in [-0.05, 0) is 72.7 Å². The van der Waals surface area contributed by atoms with E-state index in [0.29, 0.717) is 11.8 Å². The Hall–Kier alpha value is -3.76. The molecular formula is C35H36N3S+. The van der Waals surface area contributed by atoms with Gasteiger partial charge in [0, 0.05) is 11.1 Å². The Morgan fingerprint density at radius 2 is 1.41 bits per heavy atom. The Kier molecular flexibility index (Phi) is 6.39. The molecule has 0 aliphatic rings. The van der Waals surface area contributed by atoms with E-state index < -0.39 is 0 Å². The first-order valence-electron chi connectivity index (χ1n) is 13.9. The van der Waals surface area contributed by atoms with Gasteiger partial charge < -0.3 is 0 Å². The Morgan fingerprint density at radius 3 is 2.08 bits per heavy atom. The highest BCUT2D eigenvalue weighted by Gasteiger charge is 2.33. The molecule has 6 aromatic rings. The predicted octanol–water partition coefficient (Wildman–Crippen LogP) is 9.26. The van der Waals surface area contributed by atoms with Gasteiger partial charge in [-0.25, -0.2) is 9.55 Å². The van der Waals surface area contributed by atoms with Crippen LogP contribution in [0.3, 0.4) is 0 Å². The number of hydrogen-bond acceptors (Lipinski definition) is 2. The summed E-state index contributed by atoms with van der Waals surface area (Å²) in [4.78, 5) is 5.06. The Balaban J connectivity index is 1.79. The van der Waals surface area contributed by atoms with Crippen molar-refractivity contribution in [2.24, 2.45) is 7.05 Å². The fraction of sp³-hybridized carbons (Fsp3) is 0.257. The Bertz CT molecular complexity index is 1810. The number of aromatic nitrogens is 3. The standard InChI is InChI=1S/C35H36N3S/c1-21(2)27-19-26(25-13-9-8-10-14-25)20-28(22(3)4)34(27)38-30-16-12-11-15-29(30)37(7)35(38)32-23(5)17-18-31-33(32)36-24(6)39-31/h8-22H,1-7H3/q+1. The molecule has 0 aliphatic heterocycles. The van der Waals surface area contributed by atoms with Gasteiger partial charge in [0.05, 0.1) is 27.8 Å². The van der Waals surface area contributed by atoms with Gasteiger partial charge in [-0.1, -0.05) is 76.2 Å². The van der Waals surface area contributed by atoms with Crippen LogP contribution in [0.1, 0.15) is 61.2 Å². The number of thiazole rings is 1. The van der Waals surface area contributed by atoms with Crippen LogP contribution in [0.5, 0.6) is 0 Å². The molecule has 2 aromatic heterocycles. The van der Waals surface area contributed by atoms with E-state index in [1.165, 1.54) is 60.6 Å². The minimum Gasteiger partial charge on any atom is -0.241 e. The summed E-state index contributed by atoms with van der Waals surface area (Å²) in [5.41, 5.74) is 12.5. The largest absolute Gasteiger partial charge is 0.297 e. The number of hydrogen-bond donors (Lipinski definition) is 0. The number of nitrogens with zero attached hydrogens (tertiary/aromatic N) is 3. The van der Waals surface area contributed by atoms with E-state index in [-0.39, 0.29) is 0 Å². The summed E-state index contributed by atoms with van der Waals surface area (Å²) in [6.07, 6.45) is 0. The van der Waals surface area contributed by atoms with Crippen LogP contribution in [0.4, 0.5) is 0 Å². The zero-order valence-electron chi connectivity index (χ0n) is 23.9. The van der Waals surface area contributed by atoms with E-state index in [2.05, 4.69) is 137 Å². The molecule has 0 saturated carbocycles. The number of para-hydroxylation sites is 2. The summed E-state index contributed by atoms with van der Waals surface area (Å²) in [5.74, 6) is 1.87. The molecule has 3 nitrogen and oxygen atoms in total. The first-order valence-corrected chi connectivity index (χ1v) is 14.7. The molecule has 0 unspecified atom stereocenters. The van der Waals surface area contributed by atoms with Crippen molar-refractivity contribution in [2.45, 2.75) is 53.4 Å². The van der Waals surface area contributed by atoms with Crippen LogP contribution in [0.25, 0.3) is 49.5 Å². The lowest BCUT2D eigenvalue weighted by molar-refractivity contribution is -0.633. The monoisotopic (exact) mass is 530 g/mol. The van der Waals surface area contributed by atoms with Gasteiger partial charge in [-0.15, -0.1) is 11.3 Å². The average molecular weight is 531 g/mol. The minimum atomic E-state index is 0.346. The van der Waals surface area contributed by atoms with Gasteiger partial charge in [0.25, 0.3) is 5.82 Å². The number of benzene rings is 4. The van der Waals surface area contributed by atoms with Crippen molar-refractivity contribution in [3.63, 3.8) is 0 Å². The molecule has 0 N–H and O–H groups in total. The first kappa shape index (κ1) is 25.5. The predicted molar refractivity (Wildman–Crippen MR) is 166 cm³/mol. The maximum atomic E-state index is 5.06. The summed E-state index contributed by atoms with van der Waals surface area (Å²) in [6.45, 7) is 13.6. The van der Waals surface area contributed by atoms with Crippen molar-refractivity contribution < 1.29 is 4.57 Å². The van der Waals surface area contributed by atoms with Crippen LogP contribution >= 0.6 is 11.3 Å². The zero-order valence-corrected chi connectivity index (χ0v) is 24.7. The van der Waals surface area contributed by atoms with Gasteiger partial charge in [0.2, 0.25) is 0 Å². The SMILES string of the molecule is Cc1nc2c(-c3n(-c4c(C(C)C)cc(-c5ccccc5)cc4C(C)C)c4ccccc4[n+]3C)c(C)ccc2s1. The number of rotatable bonds is 5. The molecule has 2 heterocycles. The third kappa shape index (κ3) is 4.18. The van der Waals surface area contributed by atoms with Crippen LogP contribution in [-0.4, -0.2) is 9.55 Å². The molecule has 0 saturated heterocycles. The van der Waals surface area contributed by atoms with Crippen molar-refractivity contribution in [1.82, 2.24) is 9.55 Å². The normalized spacial score (nSPS) is 11.9. The molecule has 0 amide bonds. The van der Waals surface area contributed by atoms with E-state index in [9.17, 15) is 0 Å². The molecule has 0 fully saturated rings. The molecule has 0 atom stereocenters. The van der Waals surface area contributed by atoms with E-state index in [4.69, 9.17) is 4.98 Å². The molecule has 0 spiro atoms. The first-order chi connectivity index (χ1) is 18.8. The van der Waals surface area contributed by atoms with Gasteiger partial charge in [-0.2, -0.15) is 4.57 Å². The highest BCUT2D eigenvalue weighted by Crippen LogP contribution is 2.41. The average Bonchev–Trinajstić information content (AvgIpc) is 3.45. The third-order valence-corrected chi connectivity index (χ3v) is 8.79. The Labute approximate surface area is 235 Å². The molecule has 39 heavy (non-hydrogen) atoms. The van der Waals surface area contributed by atoms with Crippen LogP contribution in [0.2, 0.25) is 0 Å². The quantitative estimate of drug-likeness (QED) is 0.204. The highest BCUT2D eigenvalue weighted by atomic mass is 32.1. The Morgan fingerprint density at radius 1 is 0.769 bits per heavy atom. The lowest BCUT2D eigenvalue weighted by Gasteiger charge is -2.21. The maximum absolute atomic E-state index is 5.06. The summed E-state index contributed by atoms with van der Waals surface area (Å²) in [6, 6.07) is 28.9. The highest BCUT2D eigenvalue weighted by molar-refractivity contribution is 7.18. The van der Waals surface area contributed by atoms with E-state index in [1.54, 1.807) is 11.3 Å². The van der Waals surface area contributed by atoms with Crippen LogP contribution < -0.4 is 4.57 Å². The summed E-state index contributed by atoms with van der Waals surface area (Å²) < 4.78 is 6.13. The second-order valence-corrected chi connectivity index (χ2v) is 12.5. The molecule has 4 heteroatoms. The molecule has 6 rings (SSSR count). The van der Waals surface area contributed by atoms with Gasteiger partial charge >= 0.3 is 0 Å². The van der Waals surface area contributed by atoms with Crippen LogP contribution in [0, 0.1) is 13.8 Å². The van der Waals surface area contributed by atoms with Gasteiger partial charge in [0.15, 0.2) is 11.0 Å². The maximum Gasteiger partial charge on any atom is 0.297 e. The lowest BCUT2D eigenvalue weighted by Crippen LogP contribution is -2.30. The van der Waals surface area contributed by atoms with Crippen molar-refractivity contribution in [3.05, 3.63) is 101 Å². The fourth-order valence-electron chi connectivity index (χ4n) is 5.92. The van der Waals surface area contributed by atoms with E-state index in [0.717, 1.165) is 10.5 Å². The van der Waals surface area contributed by atoms with Crippen LogP contribution in [0.15, 0.2) is 78.9 Å². The van der Waals surface area contributed by atoms with E-state index >= 15 is 0 Å². The second-order valence-electron chi connectivity index (χ2n) is 11.2. The van der Waals surface area contributed by atoms with Gasteiger partial charge in [0.1, 0.15) is 5.69 Å². The van der Waals surface area contributed by atoms with Crippen molar-refractivity contribution in [3.8, 4) is 28.2 Å². The molecule has 0 radical (unpaired) electrons. The smallest absolute Gasteiger partial charge is 0.241 e. The zero-order chi connectivity index (χ0) is 27.4. The van der Waals surface area contributed by atoms with Gasteiger partial charge in [-0.3, -0.25) is 0 Å². The molecule has 4 aromatic carbocycles. The topological polar surface area (TPSA) is 21.7 Å². The molecular weight excluding hydrogens is 494 g/mol. The fourth-order valence-corrected chi connectivity index (χ4v) is 6.76. The molecule has 0 aliphatic carbocycles. The second kappa shape index (κ2) is 9.77. The number of aryl methyl sites for hydroxylation is 3. The van der Waals surface area contributed by atoms with Crippen molar-refractivity contribution in [1.29, 1.82) is 0 Å². The minimum absolute atomic E-state index is 0.346. The summed E-state index contributed by atoms with van der Waals surface area (Å²) in [7, 11) is 2.20. The lowest BCUT2D eigenvalue weighted by atomic mass is 9.88. The summed E-state index contributed by atoms with van der Waals surface area (Å²) >= 11 is 1.77. The van der Waals surface area contributed by atoms with E-state index in [1.807, 2.05) is 0 Å². The van der Waals surface area contributed by atoms with Crippen molar-refractivity contribution in [2.75, 3.05) is 0 Å². The molecule has 196 valence electrons. The summed E-state index contributed by atoms with van der Waals surface area (Å²) in [5, 5.41) is 1.10. The van der Waals surface area contributed by atoms with Crippen LogP contribution in [-0.2, 0) is 7.05 Å². The number of imidazole rings is 1. The van der Waals surface area contributed by atoms with Crippen molar-refractivity contribution >= 4 is 32.6 Å². The number of fused-ring (bicyclic) bond motifs is 2.